The molecule has 1 unspecified atom stereocenters. The minimum absolute atomic E-state index is 0.106. The second-order valence-electron chi connectivity index (χ2n) is 7.46. The summed E-state index contributed by atoms with van der Waals surface area (Å²) in [6, 6.07) is 7.83. The van der Waals surface area contributed by atoms with Crippen molar-refractivity contribution < 1.29 is 33.2 Å². The number of carbonyl (C=O) groups is 1. The largest absolute Gasteiger partial charge is 0.493 e. The second-order valence-corrected chi connectivity index (χ2v) is 7.46. The first-order valence-electron chi connectivity index (χ1n) is 9.53. The van der Waals surface area contributed by atoms with Crippen molar-refractivity contribution in [1.82, 2.24) is 0 Å². The molecular formula is C22H22O7. The third-order valence-corrected chi connectivity index (χ3v) is 6.08. The Morgan fingerprint density at radius 3 is 2.41 bits per heavy atom. The maximum atomic E-state index is 12.7. The molecular weight excluding hydrogens is 376 g/mol. The highest BCUT2D eigenvalue weighted by molar-refractivity contribution is 5.78. The van der Waals surface area contributed by atoms with Crippen LogP contribution in [-0.2, 0) is 16.0 Å². The molecule has 1 fully saturated rings. The van der Waals surface area contributed by atoms with Crippen LogP contribution in [0.1, 0.15) is 22.6 Å². The zero-order valence-electron chi connectivity index (χ0n) is 16.5. The van der Waals surface area contributed by atoms with E-state index in [1.165, 1.54) is 0 Å². The number of cyclic esters (lactones) is 1. The SMILES string of the molecule is COc1cc2c(cc1OC)[C@@H](c1cc(OC)c3c(c1)OCO3)[C@H]1C(=O)OCC1C2. The summed E-state index contributed by atoms with van der Waals surface area (Å²) in [4.78, 5) is 12.7. The standard InChI is InChI=1S/C22H22O7/c1-24-15-5-11-4-13-9-27-22(23)20(13)19(14(11)8-16(15)25-2)12-6-17(26-3)21-18(7-12)28-10-29-21/h5-8,13,19-20H,4,9-10H2,1-3H3/t13?,19-,20+/m1/s1. The van der Waals surface area contributed by atoms with Gasteiger partial charge in [0.05, 0.1) is 33.9 Å². The van der Waals surface area contributed by atoms with Crippen molar-refractivity contribution in [3.8, 4) is 28.7 Å². The number of methoxy groups -OCH3 is 3. The molecule has 1 saturated heterocycles. The van der Waals surface area contributed by atoms with E-state index in [9.17, 15) is 4.79 Å². The smallest absolute Gasteiger partial charge is 0.310 e. The summed E-state index contributed by atoms with van der Waals surface area (Å²) in [6.45, 7) is 0.574. The number of fused-ring (bicyclic) bond motifs is 3. The molecule has 2 aromatic rings. The van der Waals surface area contributed by atoms with Gasteiger partial charge < -0.3 is 28.4 Å². The van der Waals surface area contributed by atoms with Crippen LogP contribution >= 0.6 is 0 Å². The number of benzene rings is 2. The number of hydrogen-bond acceptors (Lipinski definition) is 7. The Morgan fingerprint density at radius 1 is 0.897 bits per heavy atom. The van der Waals surface area contributed by atoms with Gasteiger partial charge in [-0.05, 0) is 47.4 Å². The van der Waals surface area contributed by atoms with Gasteiger partial charge in [-0.2, -0.15) is 0 Å². The highest BCUT2D eigenvalue weighted by Gasteiger charge is 2.48. The molecule has 0 N–H and O–H groups in total. The van der Waals surface area contributed by atoms with Crippen molar-refractivity contribution in [2.45, 2.75) is 12.3 Å². The van der Waals surface area contributed by atoms with Gasteiger partial charge in [0.1, 0.15) is 0 Å². The lowest BCUT2D eigenvalue weighted by Gasteiger charge is -2.34. The van der Waals surface area contributed by atoms with E-state index in [1.807, 2.05) is 24.3 Å². The molecule has 3 aliphatic rings. The zero-order valence-corrected chi connectivity index (χ0v) is 16.5. The van der Waals surface area contributed by atoms with Gasteiger partial charge in [-0.3, -0.25) is 4.79 Å². The Morgan fingerprint density at radius 2 is 1.66 bits per heavy atom. The Balaban J connectivity index is 1.71. The molecule has 2 aromatic carbocycles. The Hall–Kier alpha value is -3.09. The molecule has 7 heteroatoms. The molecule has 5 rings (SSSR count). The van der Waals surface area contributed by atoms with Crippen LogP contribution in [0, 0.1) is 11.8 Å². The molecule has 0 amide bonds. The summed E-state index contributed by atoms with van der Waals surface area (Å²) >= 11 is 0. The van der Waals surface area contributed by atoms with Gasteiger partial charge >= 0.3 is 5.97 Å². The number of ether oxygens (including phenoxy) is 6. The summed E-state index contributed by atoms with van der Waals surface area (Å²) in [7, 11) is 4.83. The molecule has 0 spiro atoms. The van der Waals surface area contributed by atoms with Crippen LogP contribution in [0.15, 0.2) is 24.3 Å². The minimum Gasteiger partial charge on any atom is -0.493 e. The summed E-state index contributed by atoms with van der Waals surface area (Å²) in [5, 5.41) is 0. The molecule has 29 heavy (non-hydrogen) atoms. The lowest BCUT2D eigenvalue weighted by molar-refractivity contribution is -0.141. The molecule has 7 nitrogen and oxygen atoms in total. The van der Waals surface area contributed by atoms with E-state index in [0.717, 1.165) is 23.1 Å². The van der Waals surface area contributed by atoms with Gasteiger partial charge in [-0.25, -0.2) is 0 Å². The highest BCUT2D eigenvalue weighted by atomic mass is 16.7. The highest BCUT2D eigenvalue weighted by Crippen LogP contribution is 2.52. The molecule has 0 aromatic heterocycles. The van der Waals surface area contributed by atoms with Crippen molar-refractivity contribution in [1.29, 1.82) is 0 Å². The van der Waals surface area contributed by atoms with Gasteiger partial charge in [0.15, 0.2) is 23.0 Å². The fourth-order valence-electron chi connectivity index (χ4n) is 4.77. The van der Waals surface area contributed by atoms with Gasteiger partial charge in [-0.1, -0.05) is 0 Å². The van der Waals surface area contributed by atoms with E-state index < -0.39 is 0 Å². The maximum absolute atomic E-state index is 12.7. The van der Waals surface area contributed by atoms with E-state index in [-0.39, 0.29) is 30.5 Å². The van der Waals surface area contributed by atoms with Crippen LogP contribution in [0.25, 0.3) is 0 Å². The fraction of sp³-hybridized carbons (Fsp3) is 0.409. The normalized spacial score (nSPS) is 23.8. The number of rotatable bonds is 4. The predicted octanol–water partition coefficient (Wildman–Crippen LogP) is 2.92. The second kappa shape index (κ2) is 6.76. The van der Waals surface area contributed by atoms with Crippen LogP contribution in [0.5, 0.6) is 28.7 Å². The van der Waals surface area contributed by atoms with E-state index in [4.69, 9.17) is 28.4 Å². The molecule has 1 aliphatic carbocycles. The average molecular weight is 398 g/mol. The number of carbonyl (C=O) groups excluding carboxylic acids is 1. The van der Waals surface area contributed by atoms with Gasteiger partial charge in [0, 0.05) is 11.8 Å². The van der Waals surface area contributed by atoms with E-state index >= 15 is 0 Å². The molecule has 0 radical (unpaired) electrons. The Kier molecular flexibility index (Phi) is 4.19. The summed E-state index contributed by atoms with van der Waals surface area (Å²) in [5.74, 6) is 2.57. The lowest BCUT2D eigenvalue weighted by atomic mass is 9.67. The first-order chi connectivity index (χ1) is 14.1. The van der Waals surface area contributed by atoms with Crippen molar-refractivity contribution in [2.24, 2.45) is 11.8 Å². The van der Waals surface area contributed by atoms with Crippen LogP contribution in [0.4, 0.5) is 0 Å². The van der Waals surface area contributed by atoms with Crippen molar-refractivity contribution in [2.75, 3.05) is 34.7 Å². The van der Waals surface area contributed by atoms with Crippen molar-refractivity contribution >= 4 is 5.97 Å². The first-order valence-corrected chi connectivity index (χ1v) is 9.53. The van der Waals surface area contributed by atoms with Crippen LogP contribution in [0.3, 0.4) is 0 Å². The van der Waals surface area contributed by atoms with Crippen LogP contribution < -0.4 is 23.7 Å². The quantitative estimate of drug-likeness (QED) is 0.733. The Labute approximate surface area is 168 Å². The molecule has 0 bridgehead atoms. The monoisotopic (exact) mass is 398 g/mol. The predicted molar refractivity (Wildman–Crippen MR) is 102 cm³/mol. The summed E-state index contributed by atoms with van der Waals surface area (Å²) in [6.07, 6.45) is 0.754. The number of esters is 1. The first kappa shape index (κ1) is 18.0. The Bertz CT molecular complexity index is 984. The van der Waals surface area contributed by atoms with E-state index in [0.29, 0.717) is 35.4 Å². The van der Waals surface area contributed by atoms with Gasteiger partial charge in [0.25, 0.3) is 0 Å². The molecule has 2 heterocycles. The van der Waals surface area contributed by atoms with Crippen molar-refractivity contribution in [3.63, 3.8) is 0 Å². The van der Waals surface area contributed by atoms with E-state index in [1.54, 1.807) is 21.3 Å². The topological polar surface area (TPSA) is 72.5 Å². The number of hydrogen-bond donors (Lipinski definition) is 0. The molecule has 3 atom stereocenters. The van der Waals surface area contributed by atoms with Crippen LogP contribution in [0.2, 0.25) is 0 Å². The summed E-state index contributed by atoms with van der Waals surface area (Å²) in [5.41, 5.74) is 3.08. The van der Waals surface area contributed by atoms with Gasteiger partial charge in [-0.15, -0.1) is 0 Å². The zero-order chi connectivity index (χ0) is 20.1. The third kappa shape index (κ3) is 2.68. The van der Waals surface area contributed by atoms with E-state index in [2.05, 4.69) is 0 Å². The summed E-state index contributed by atoms with van der Waals surface area (Å²) < 4.78 is 33.2. The van der Waals surface area contributed by atoms with Crippen molar-refractivity contribution in [3.05, 3.63) is 41.0 Å². The lowest BCUT2D eigenvalue weighted by Crippen LogP contribution is -2.31. The van der Waals surface area contributed by atoms with Crippen LogP contribution in [-0.4, -0.2) is 40.7 Å². The minimum atomic E-state index is -0.273. The molecule has 152 valence electrons. The molecule has 2 aliphatic heterocycles. The maximum Gasteiger partial charge on any atom is 0.310 e. The van der Waals surface area contributed by atoms with Gasteiger partial charge in [0.2, 0.25) is 12.5 Å². The fourth-order valence-corrected chi connectivity index (χ4v) is 4.77. The average Bonchev–Trinajstić information content (AvgIpc) is 3.37. The molecule has 0 saturated carbocycles. The third-order valence-electron chi connectivity index (χ3n) is 6.08.